The minimum atomic E-state index is -1.53. The van der Waals surface area contributed by atoms with Crippen LogP contribution in [0.1, 0.15) is 16.7 Å². The number of aromatic nitrogens is 1. The van der Waals surface area contributed by atoms with Crippen molar-refractivity contribution in [3.8, 4) is 5.75 Å². The maximum absolute atomic E-state index is 9.06. The van der Waals surface area contributed by atoms with E-state index in [0.29, 0.717) is 17.8 Å². The maximum Gasteiger partial charge on any atom is 0.490 e. The van der Waals surface area contributed by atoms with Crippen LogP contribution in [-0.4, -0.2) is 22.2 Å². The van der Waals surface area contributed by atoms with Crippen LogP contribution in [0.2, 0.25) is 0 Å². The summed E-state index contributed by atoms with van der Waals surface area (Å²) in [6.45, 7) is 4.55. The summed E-state index contributed by atoms with van der Waals surface area (Å²) in [5, 5.41) is 18.1. The van der Waals surface area contributed by atoms with Crippen LogP contribution in [0.4, 0.5) is 0 Å². The second-order valence-corrected chi connectivity index (χ2v) is 4.53. The molecule has 0 spiro atoms. The first kappa shape index (κ1) is 13.6. The molecule has 0 bridgehead atoms. The highest BCUT2D eigenvalue weighted by Gasteiger charge is 2.12. The number of hydrogen-bond donors (Lipinski definition) is 2. The van der Waals surface area contributed by atoms with E-state index in [1.807, 2.05) is 6.07 Å². The monoisotopic (exact) mass is 257 g/mol. The maximum atomic E-state index is 9.06. The van der Waals surface area contributed by atoms with Crippen molar-refractivity contribution in [3.05, 3.63) is 53.3 Å². The van der Waals surface area contributed by atoms with Gasteiger partial charge in [0.25, 0.3) is 0 Å². The Bertz CT molecular complexity index is 572. The van der Waals surface area contributed by atoms with Crippen LogP contribution in [0.5, 0.6) is 5.75 Å². The van der Waals surface area contributed by atoms with E-state index in [9.17, 15) is 0 Å². The number of rotatable bonds is 4. The first-order valence-electron chi connectivity index (χ1n) is 6.06. The third-order valence-corrected chi connectivity index (χ3v) is 3.01. The molecular formula is C14H16BNO3. The third-order valence-electron chi connectivity index (χ3n) is 3.01. The number of nitrogens with zero attached hydrogens (tertiary/aromatic N) is 1. The van der Waals surface area contributed by atoms with E-state index in [4.69, 9.17) is 14.8 Å². The lowest BCUT2D eigenvalue weighted by Crippen LogP contribution is -2.30. The third kappa shape index (κ3) is 3.56. The lowest BCUT2D eigenvalue weighted by atomic mass is 9.82. The van der Waals surface area contributed by atoms with Gasteiger partial charge >= 0.3 is 7.12 Å². The van der Waals surface area contributed by atoms with Crippen molar-refractivity contribution in [1.29, 1.82) is 0 Å². The van der Waals surface area contributed by atoms with Crippen molar-refractivity contribution >= 4 is 12.6 Å². The summed E-state index contributed by atoms with van der Waals surface area (Å²) in [4.78, 5) is 3.90. The van der Waals surface area contributed by atoms with Gasteiger partial charge < -0.3 is 14.8 Å². The average Bonchev–Trinajstić information content (AvgIpc) is 2.40. The molecule has 1 aromatic carbocycles. The highest BCUT2D eigenvalue weighted by atomic mass is 16.5. The van der Waals surface area contributed by atoms with Crippen molar-refractivity contribution in [2.45, 2.75) is 20.5 Å². The first-order valence-corrected chi connectivity index (χ1v) is 6.06. The van der Waals surface area contributed by atoms with E-state index < -0.39 is 7.12 Å². The summed E-state index contributed by atoms with van der Waals surface area (Å²) < 4.78 is 5.59. The Morgan fingerprint density at radius 2 is 1.89 bits per heavy atom. The minimum absolute atomic E-state index is 0.317. The molecule has 0 fully saturated rings. The van der Waals surface area contributed by atoms with Crippen molar-refractivity contribution in [2.75, 3.05) is 0 Å². The Labute approximate surface area is 112 Å². The van der Waals surface area contributed by atoms with Gasteiger partial charge in [0.15, 0.2) is 0 Å². The second kappa shape index (κ2) is 5.86. The van der Waals surface area contributed by atoms with Crippen LogP contribution in [-0.2, 0) is 6.61 Å². The van der Waals surface area contributed by atoms with E-state index in [1.54, 1.807) is 12.3 Å². The first-order chi connectivity index (χ1) is 9.06. The summed E-state index contributed by atoms with van der Waals surface area (Å²) in [5.74, 6) is 0.517. The van der Waals surface area contributed by atoms with Gasteiger partial charge in [0.05, 0.1) is 6.20 Å². The van der Waals surface area contributed by atoms with Crippen molar-refractivity contribution < 1.29 is 14.8 Å². The highest BCUT2D eigenvalue weighted by molar-refractivity contribution is 6.58. The fourth-order valence-corrected chi connectivity index (χ4v) is 1.72. The molecule has 0 saturated heterocycles. The Hall–Kier alpha value is -1.85. The molecule has 5 heteroatoms. The molecule has 98 valence electrons. The zero-order valence-electron chi connectivity index (χ0n) is 11.0. The van der Waals surface area contributed by atoms with E-state index in [1.165, 1.54) is 17.3 Å². The standard InChI is InChI=1S/C14H16BNO3/c1-10-3-4-12(5-11(10)2)9-19-14-6-13(15(17)18)7-16-8-14/h3-8,17-18H,9H2,1-2H3. The number of aryl methyl sites for hydroxylation is 2. The molecule has 4 nitrogen and oxygen atoms in total. The lowest BCUT2D eigenvalue weighted by Gasteiger charge is -2.09. The van der Waals surface area contributed by atoms with Crippen LogP contribution in [0.25, 0.3) is 0 Å². The molecule has 0 aliphatic carbocycles. The second-order valence-electron chi connectivity index (χ2n) is 4.53. The molecule has 2 N–H and O–H groups in total. The van der Waals surface area contributed by atoms with Gasteiger partial charge in [-0.2, -0.15) is 0 Å². The fraction of sp³-hybridized carbons (Fsp3) is 0.214. The molecule has 0 atom stereocenters. The summed E-state index contributed by atoms with van der Waals surface area (Å²) in [5.41, 5.74) is 3.85. The van der Waals surface area contributed by atoms with Crippen molar-refractivity contribution in [1.82, 2.24) is 4.98 Å². The summed E-state index contributed by atoms with van der Waals surface area (Å²) >= 11 is 0. The summed E-state index contributed by atoms with van der Waals surface area (Å²) in [7, 11) is -1.53. The van der Waals surface area contributed by atoms with Gasteiger partial charge in [-0.05, 0) is 36.6 Å². The largest absolute Gasteiger partial charge is 0.490 e. The SMILES string of the molecule is Cc1ccc(COc2cncc(B(O)O)c2)cc1C. The van der Waals surface area contributed by atoms with Crippen molar-refractivity contribution in [2.24, 2.45) is 0 Å². The Kier molecular flexibility index (Phi) is 4.19. The Balaban J connectivity index is 2.05. The van der Waals surface area contributed by atoms with E-state index in [0.717, 1.165) is 5.56 Å². The molecule has 0 aliphatic heterocycles. The van der Waals surface area contributed by atoms with E-state index in [2.05, 4.69) is 31.0 Å². The number of hydrogen-bond acceptors (Lipinski definition) is 4. The molecule has 0 aliphatic rings. The molecule has 0 unspecified atom stereocenters. The number of benzene rings is 1. The van der Waals surface area contributed by atoms with Gasteiger partial charge in [0.1, 0.15) is 12.4 Å². The van der Waals surface area contributed by atoms with Crippen LogP contribution in [0.15, 0.2) is 36.7 Å². The lowest BCUT2D eigenvalue weighted by molar-refractivity contribution is 0.305. The quantitative estimate of drug-likeness (QED) is 0.801. The zero-order valence-corrected chi connectivity index (χ0v) is 11.0. The predicted octanol–water partition coefficient (Wildman–Crippen LogP) is 0.957. The molecule has 0 amide bonds. The molecule has 2 rings (SSSR count). The predicted molar refractivity (Wildman–Crippen MR) is 74.3 cm³/mol. The highest BCUT2D eigenvalue weighted by Crippen LogP contribution is 2.13. The average molecular weight is 257 g/mol. The van der Waals surface area contributed by atoms with Gasteiger partial charge in [-0.1, -0.05) is 18.2 Å². The molecule has 2 aromatic rings. The smallest absolute Gasteiger partial charge is 0.487 e. The van der Waals surface area contributed by atoms with Gasteiger partial charge in [-0.15, -0.1) is 0 Å². The fourth-order valence-electron chi connectivity index (χ4n) is 1.72. The van der Waals surface area contributed by atoms with Crippen LogP contribution < -0.4 is 10.2 Å². The van der Waals surface area contributed by atoms with Gasteiger partial charge in [0, 0.05) is 11.7 Å². The normalized spacial score (nSPS) is 10.3. The zero-order chi connectivity index (χ0) is 13.8. The molecule has 0 saturated carbocycles. The molecular weight excluding hydrogens is 241 g/mol. The van der Waals surface area contributed by atoms with Crippen molar-refractivity contribution in [3.63, 3.8) is 0 Å². The van der Waals surface area contributed by atoms with Crippen LogP contribution in [0.3, 0.4) is 0 Å². The molecule has 19 heavy (non-hydrogen) atoms. The molecule has 1 heterocycles. The number of ether oxygens (including phenoxy) is 1. The van der Waals surface area contributed by atoms with Crippen LogP contribution >= 0.6 is 0 Å². The number of pyridine rings is 1. The molecule has 1 aromatic heterocycles. The Morgan fingerprint density at radius 3 is 2.58 bits per heavy atom. The Morgan fingerprint density at radius 1 is 1.11 bits per heavy atom. The van der Waals surface area contributed by atoms with Gasteiger partial charge in [-0.25, -0.2) is 0 Å². The van der Waals surface area contributed by atoms with E-state index in [-0.39, 0.29) is 0 Å². The van der Waals surface area contributed by atoms with Gasteiger partial charge in [-0.3, -0.25) is 4.98 Å². The molecule has 0 radical (unpaired) electrons. The van der Waals surface area contributed by atoms with E-state index >= 15 is 0 Å². The van der Waals surface area contributed by atoms with Crippen LogP contribution in [0, 0.1) is 13.8 Å². The topological polar surface area (TPSA) is 62.6 Å². The summed E-state index contributed by atoms with van der Waals surface area (Å²) in [6, 6.07) is 7.72. The van der Waals surface area contributed by atoms with Gasteiger partial charge in [0.2, 0.25) is 0 Å². The minimum Gasteiger partial charge on any atom is -0.487 e. The summed E-state index contributed by atoms with van der Waals surface area (Å²) in [6.07, 6.45) is 2.94.